The van der Waals surface area contributed by atoms with Crippen LogP contribution in [0.15, 0.2) is 60.8 Å². The van der Waals surface area contributed by atoms with Crippen LogP contribution in [-0.2, 0) is 17.6 Å². The summed E-state index contributed by atoms with van der Waals surface area (Å²) in [5.74, 6) is -0.589. The Bertz CT molecular complexity index is 1040. The minimum atomic E-state index is -0.362. The summed E-state index contributed by atoms with van der Waals surface area (Å²) in [6, 6.07) is 16.1. The molecular formula is C23H18FNO2. The molecule has 4 rings (SSSR count). The van der Waals surface area contributed by atoms with Crippen molar-refractivity contribution in [3.05, 3.63) is 100 Å². The Morgan fingerprint density at radius 1 is 1.07 bits per heavy atom. The molecule has 134 valence electrons. The molecule has 0 fully saturated rings. The molecule has 3 nitrogen and oxygen atoms in total. The van der Waals surface area contributed by atoms with Gasteiger partial charge in [-0.25, -0.2) is 9.18 Å². The first-order valence-corrected chi connectivity index (χ1v) is 8.79. The van der Waals surface area contributed by atoms with Gasteiger partial charge >= 0.3 is 5.97 Å². The molecule has 2 aromatic carbocycles. The first-order valence-electron chi connectivity index (χ1n) is 8.79. The van der Waals surface area contributed by atoms with Gasteiger partial charge < -0.3 is 4.74 Å². The summed E-state index contributed by atoms with van der Waals surface area (Å²) < 4.78 is 18.5. The number of aryl methyl sites for hydroxylation is 2. The van der Waals surface area contributed by atoms with Crippen molar-refractivity contribution in [3.63, 3.8) is 0 Å². The van der Waals surface area contributed by atoms with Crippen LogP contribution in [-0.4, -0.2) is 18.1 Å². The Labute approximate surface area is 157 Å². The molecule has 0 unspecified atom stereocenters. The molecule has 1 aliphatic rings. The molecule has 27 heavy (non-hydrogen) atoms. The molecule has 0 aliphatic heterocycles. The number of rotatable bonds is 2. The van der Waals surface area contributed by atoms with Crippen LogP contribution in [0.4, 0.5) is 4.39 Å². The number of carbonyl (C=O) groups excluding carboxylic acids is 1. The number of hydrogen-bond acceptors (Lipinski definition) is 3. The Morgan fingerprint density at radius 2 is 1.89 bits per heavy atom. The second-order valence-electron chi connectivity index (χ2n) is 6.47. The maximum atomic E-state index is 13.8. The van der Waals surface area contributed by atoms with Crippen LogP contribution < -0.4 is 0 Å². The highest BCUT2D eigenvalue weighted by Gasteiger charge is 2.19. The molecule has 1 aliphatic carbocycles. The number of esters is 1. The second kappa shape index (κ2) is 7.16. The van der Waals surface area contributed by atoms with Crippen molar-refractivity contribution in [2.75, 3.05) is 7.11 Å². The van der Waals surface area contributed by atoms with Crippen LogP contribution in [0, 0.1) is 5.82 Å². The molecule has 1 aromatic heterocycles. The Kier molecular flexibility index (Phi) is 4.55. The number of halogens is 1. The van der Waals surface area contributed by atoms with Crippen molar-refractivity contribution in [1.29, 1.82) is 0 Å². The number of benzene rings is 2. The summed E-state index contributed by atoms with van der Waals surface area (Å²) in [6.45, 7) is 0. The van der Waals surface area contributed by atoms with Gasteiger partial charge in [-0.2, -0.15) is 0 Å². The predicted octanol–water partition coefficient (Wildman–Crippen LogP) is 4.69. The van der Waals surface area contributed by atoms with Crippen LogP contribution in [0.25, 0.3) is 11.6 Å². The maximum Gasteiger partial charge on any atom is 0.337 e. The highest BCUT2D eigenvalue weighted by atomic mass is 19.1. The molecule has 0 saturated heterocycles. The van der Waals surface area contributed by atoms with Gasteiger partial charge in [-0.3, -0.25) is 4.98 Å². The van der Waals surface area contributed by atoms with E-state index >= 15 is 0 Å². The van der Waals surface area contributed by atoms with Gasteiger partial charge in [-0.05, 0) is 71.5 Å². The minimum Gasteiger partial charge on any atom is -0.465 e. The SMILES string of the molecule is COC(=O)c1ccc(C=C2c3ccc(F)cc3CCc3ncccc32)cc1. The highest BCUT2D eigenvalue weighted by Crippen LogP contribution is 2.34. The number of carbonyl (C=O) groups is 1. The zero-order chi connectivity index (χ0) is 18.8. The van der Waals surface area contributed by atoms with E-state index in [1.54, 1.807) is 24.4 Å². The summed E-state index contributed by atoms with van der Waals surface area (Å²) >= 11 is 0. The minimum absolute atomic E-state index is 0.227. The van der Waals surface area contributed by atoms with Gasteiger partial charge in [0.15, 0.2) is 0 Å². The second-order valence-corrected chi connectivity index (χ2v) is 6.47. The number of ether oxygens (including phenoxy) is 1. The molecule has 0 N–H and O–H groups in total. The fraction of sp³-hybridized carbons (Fsp3) is 0.130. The van der Waals surface area contributed by atoms with E-state index in [0.717, 1.165) is 46.4 Å². The van der Waals surface area contributed by atoms with Gasteiger partial charge in [0.25, 0.3) is 0 Å². The van der Waals surface area contributed by atoms with Crippen molar-refractivity contribution in [3.8, 4) is 0 Å². The van der Waals surface area contributed by atoms with E-state index in [-0.39, 0.29) is 11.8 Å². The topological polar surface area (TPSA) is 39.2 Å². The molecular weight excluding hydrogens is 341 g/mol. The van der Waals surface area contributed by atoms with E-state index in [2.05, 4.69) is 17.1 Å². The fourth-order valence-electron chi connectivity index (χ4n) is 3.47. The van der Waals surface area contributed by atoms with Gasteiger partial charge in [-0.15, -0.1) is 0 Å². The monoisotopic (exact) mass is 359 g/mol. The van der Waals surface area contributed by atoms with Crippen molar-refractivity contribution in [2.45, 2.75) is 12.8 Å². The van der Waals surface area contributed by atoms with E-state index in [9.17, 15) is 9.18 Å². The largest absolute Gasteiger partial charge is 0.465 e. The molecule has 0 atom stereocenters. The quantitative estimate of drug-likeness (QED) is 0.623. The third-order valence-electron chi connectivity index (χ3n) is 4.81. The Hall–Kier alpha value is -3.27. The predicted molar refractivity (Wildman–Crippen MR) is 103 cm³/mol. The zero-order valence-electron chi connectivity index (χ0n) is 14.9. The van der Waals surface area contributed by atoms with Crippen molar-refractivity contribution in [1.82, 2.24) is 4.98 Å². The standard InChI is InChI=1S/C23H18FNO2/c1-27-23(26)16-6-4-15(5-7-16)13-21-19-10-9-18(24)14-17(19)8-11-22-20(21)3-2-12-25-22/h2-7,9-10,12-14H,8,11H2,1H3. The van der Waals surface area contributed by atoms with E-state index in [1.165, 1.54) is 13.2 Å². The number of methoxy groups -OCH3 is 1. The molecule has 0 bridgehead atoms. The third kappa shape index (κ3) is 3.38. The highest BCUT2D eigenvalue weighted by molar-refractivity contribution is 5.94. The molecule has 0 saturated carbocycles. The average Bonchev–Trinajstić information content (AvgIpc) is 2.85. The van der Waals surface area contributed by atoms with Crippen molar-refractivity contribution in [2.24, 2.45) is 0 Å². The van der Waals surface area contributed by atoms with Gasteiger partial charge in [0.1, 0.15) is 5.82 Å². The summed E-state index contributed by atoms with van der Waals surface area (Å²) in [5.41, 5.74) is 6.52. The van der Waals surface area contributed by atoms with Gasteiger partial charge in [-0.1, -0.05) is 24.3 Å². The van der Waals surface area contributed by atoms with E-state index in [4.69, 9.17) is 4.74 Å². The first kappa shape index (κ1) is 17.2. The fourth-order valence-corrected chi connectivity index (χ4v) is 3.47. The lowest BCUT2D eigenvalue weighted by Gasteiger charge is -2.12. The van der Waals surface area contributed by atoms with E-state index < -0.39 is 0 Å². The normalized spacial score (nSPS) is 14.2. The van der Waals surface area contributed by atoms with Crippen LogP contribution in [0.1, 0.15) is 38.3 Å². The van der Waals surface area contributed by atoms with Crippen LogP contribution >= 0.6 is 0 Å². The van der Waals surface area contributed by atoms with Crippen LogP contribution in [0.3, 0.4) is 0 Å². The molecule has 1 heterocycles. The lowest BCUT2D eigenvalue weighted by molar-refractivity contribution is 0.0600. The molecule has 0 amide bonds. The summed E-state index contributed by atoms with van der Waals surface area (Å²) in [6.07, 6.45) is 5.36. The summed E-state index contributed by atoms with van der Waals surface area (Å²) in [5, 5.41) is 0. The van der Waals surface area contributed by atoms with Crippen molar-refractivity contribution < 1.29 is 13.9 Å². The number of fused-ring (bicyclic) bond motifs is 2. The van der Waals surface area contributed by atoms with Gasteiger partial charge in [0, 0.05) is 17.5 Å². The average molecular weight is 359 g/mol. The smallest absolute Gasteiger partial charge is 0.337 e. The van der Waals surface area contributed by atoms with Crippen LogP contribution in [0.5, 0.6) is 0 Å². The number of aromatic nitrogens is 1. The maximum absolute atomic E-state index is 13.8. The van der Waals surface area contributed by atoms with Gasteiger partial charge in [0.05, 0.1) is 12.7 Å². The van der Waals surface area contributed by atoms with Gasteiger partial charge in [0.2, 0.25) is 0 Å². The number of pyridine rings is 1. The Balaban J connectivity index is 1.85. The van der Waals surface area contributed by atoms with E-state index in [0.29, 0.717) is 5.56 Å². The lowest BCUT2D eigenvalue weighted by atomic mass is 9.93. The lowest BCUT2D eigenvalue weighted by Crippen LogP contribution is -2.00. The molecule has 4 heteroatoms. The summed E-state index contributed by atoms with van der Waals surface area (Å²) in [7, 11) is 1.36. The van der Waals surface area contributed by atoms with E-state index in [1.807, 2.05) is 24.3 Å². The molecule has 0 spiro atoms. The number of hydrogen-bond donors (Lipinski definition) is 0. The van der Waals surface area contributed by atoms with Crippen molar-refractivity contribution >= 4 is 17.6 Å². The summed E-state index contributed by atoms with van der Waals surface area (Å²) in [4.78, 5) is 16.2. The Morgan fingerprint density at radius 3 is 2.67 bits per heavy atom. The molecule has 3 aromatic rings. The molecule has 0 radical (unpaired) electrons. The number of nitrogens with zero attached hydrogens (tertiary/aromatic N) is 1. The zero-order valence-corrected chi connectivity index (χ0v) is 14.9. The first-order chi connectivity index (χ1) is 13.2. The van der Waals surface area contributed by atoms with Crippen LogP contribution in [0.2, 0.25) is 0 Å². The third-order valence-corrected chi connectivity index (χ3v) is 4.81.